The van der Waals surface area contributed by atoms with Crippen LogP contribution >= 0.6 is 11.8 Å². The zero-order chi connectivity index (χ0) is 18.1. The molecule has 0 spiro atoms. The summed E-state index contributed by atoms with van der Waals surface area (Å²) in [6.07, 6.45) is 6.10. The number of pyridine rings is 1. The Labute approximate surface area is 155 Å². The highest BCUT2D eigenvalue weighted by Crippen LogP contribution is 2.40. The SMILES string of the molecule is O=C(CSc1nnc(-c2cccnc2)n1C1CC1)NC1CCS(=O)(=O)C1. The van der Waals surface area contributed by atoms with Gasteiger partial charge in [0.15, 0.2) is 20.8 Å². The lowest BCUT2D eigenvalue weighted by atomic mass is 10.3. The van der Waals surface area contributed by atoms with Crippen molar-refractivity contribution in [1.82, 2.24) is 25.1 Å². The van der Waals surface area contributed by atoms with Crippen LogP contribution in [-0.4, -0.2) is 57.4 Å². The molecule has 2 fully saturated rings. The molecule has 10 heteroatoms. The minimum absolute atomic E-state index is 0.0345. The number of amides is 1. The largest absolute Gasteiger partial charge is 0.352 e. The summed E-state index contributed by atoms with van der Waals surface area (Å²) in [5, 5.41) is 12.1. The number of hydrogen-bond acceptors (Lipinski definition) is 7. The molecular formula is C16H19N5O3S2. The third kappa shape index (κ3) is 3.90. The number of rotatable bonds is 6. The monoisotopic (exact) mass is 393 g/mol. The molecule has 2 aromatic heterocycles. The second kappa shape index (κ2) is 6.99. The number of carbonyl (C=O) groups excluding carboxylic acids is 1. The second-order valence-electron chi connectivity index (χ2n) is 6.61. The highest BCUT2D eigenvalue weighted by Gasteiger charge is 2.31. The van der Waals surface area contributed by atoms with Crippen LogP contribution < -0.4 is 5.32 Å². The molecule has 1 atom stereocenters. The molecule has 4 rings (SSSR count). The van der Waals surface area contributed by atoms with Crippen molar-refractivity contribution < 1.29 is 13.2 Å². The molecular weight excluding hydrogens is 374 g/mol. The fraction of sp³-hybridized carbons (Fsp3) is 0.500. The van der Waals surface area contributed by atoms with Gasteiger partial charge < -0.3 is 5.32 Å². The van der Waals surface area contributed by atoms with Gasteiger partial charge in [0, 0.05) is 30.0 Å². The van der Waals surface area contributed by atoms with Gasteiger partial charge in [-0.2, -0.15) is 0 Å². The van der Waals surface area contributed by atoms with Gasteiger partial charge in [-0.1, -0.05) is 11.8 Å². The summed E-state index contributed by atoms with van der Waals surface area (Å²) in [6, 6.07) is 3.89. The van der Waals surface area contributed by atoms with E-state index in [1.54, 1.807) is 12.4 Å². The third-order valence-corrected chi connectivity index (χ3v) is 7.14. The molecule has 1 aliphatic carbocycles. The molecule has 2 aromatic rings. The van der Waals surface area contributed by atoms with E-state index in [1.165, 1.54) is 11.8 Å². The van der Waals surface area contributed by atoms with Crippen LogP contribution in [0.5, 0.6) is 0 Å². The van der Waals surface area contributed by atoms with Gasteiger partial charge in [0.1, 0.15) is 0 Å². The lowest BCUT2D eigenvalue weighted by molar-refractivity contribution is -0.119. The van der Waals surface area contributed by atoms with Crippen molar-refractivity contribution >= 4 is 27.5 Å². The first-order valence-electron chi connectivity index (χ1n) is 8.50. The first kappa shape index (κ1) is 17.5. The Bertz CT molecular complexity index is 909. The Morgan fingerprint density at radius 3 is 2.81 bits per heavy atom. The molecule has 3 heterocycles. The Balaban J connectivity index is 1.42. The number of nitrogens with one attached hydrogen (secondary N) is 1. The highest BCUT2D eigenvalue weighted by molar-refractivity contribution is 7.99. The van der Waals surface area contributed by atoms with Crippen LogP contribution in [0, 0.1) is 0 Å². The minimum Gasteiger partial charge on any atom is -0.352 e. The summed E-state index contributed by atoms with van der Waals surface area (Å²) in [6.45, 7) is 0. The van der Waals surface area contributed by atoms with Gasteiger partial charge in [0.2, 0.25) is 5.91 Å². The van der Waals surface area contributed by atoms with Gasteiger partial charge in [-0.15, -0.1) is 10.2 Å². The minimum atomic E-state index is -3.00. The van der Waals surface area contributed by atoms with Gasteiger partial charge in [-0.05, 0) is 31.4 Å². The van der Waals surface area contributed by atoms with Crippen molar-refractivity contribution in [3.8, 4) is 11.4 Å². The Morgan fingerprint density at radius 1 is 1.31 bits per heavy atom. The van der Waals surface area contributed by atoms with Crippen LogP contribution in [-0.2, 0) is 14.6 Å². The Kier molecular flexibility index (Phi) is 4.70. The van der Waals surface area contributed by atoms with Gasteiger partial charge in [-0.25, -0.2) is 8.42 Å². The average molecular weight is 393 g/mol. The molecule has 138 valence electrons. The first-order valence-corrected chi connectivity index (χ1v) is 11.3. The van der Waals surface area contributed by atoms with Crippen LogP contribution in [0.2, 0.25) is 0 Å². The van der Waals surface area contributed by atoms with Crippen LogP contribution in [0.25, 0.3) is 11.4 Å². The van der Waals surface area contributed by atoms with Crippen LogP contribution in [0.3, 0.4) is 0 Å². The van der Waals surface area contributed by atoms with Crippen molar-refractivity contribution in [3.63, 3.8) is 0 Å². The highest BCUT2D eigenvalue weighted by atomic mass is 32.2. The van der Waals surface area contributed by atoms with E-state index in [9.17, 15) is 13.2 Å². The zero-order valence-corrected chi connectivity index (χ0v) is 15.7. The average Bonchev–Trinajstić information content (AvgIpc) is 3.28. The maximum atomic E-state index is 12.2. The van der Waals surface area contributed by atoms with E-state index in [4.69, 9.17) is 0 Å². The van der Waals surface area contributed by atoms with E-state index in [2.05, 4.69) is 25.1 Å². The molecule has 26 heavy (non-hydrogen) atoms. The van der Waals surface area contributed by atoms with Gasteiger partial charge in [0.25, 0.3) is 0 Å². The Hall–Kier alpha value is -1.94. The summed E-state index contributed by atoms with van der Waals surface area (Å²) in [4.78, 5) is 16.3. The number of sulfone groups is 1. The molecule has 0 radical (unpaired) electrons. The van der Waals surface area contributed by atoms with Gasteiger partial charge in [0.05, 0.1) is 17.3 Å². The maximum absolute atomic E-state index is 12.2. The lowest BCUT2D eigenvalue weighted by Gasteiger charge is -2.11. The predicted molar refractivity (Wildman–Crippen MR) is 97.4 cm³/mol. The normalized spacial score (nSPS) is 21.6. The van der Waals surface area contributed by atoms with Gasteiger partial charge in [-0.3, -0.25) is 14.3 Å². The maximum Gasteiger partial charge on any atom is 0.230 e. The van der Waals surface area contributed by atoms with E-state index in [1.807, 2.05) is 12.1 Å². The molecule has 1 N–H and O–H groups in total. The second-order valence-corrected chi connectivity index (χ2v) is 9.78. The third-order valence-electron chi connectivity index (χ3n) is 4.43. The number of carbonyl (C=O) groups is 1. The molecule has 1 saturated carbocycles. The van der Waals surface area contributed by atoms with E-state index in [-0.39, 0.29) is 29.2 Å². The summed E-state index contributed by atoms with van der Waals surface area (Å²) in [5.41, 5.74) is 0.902. The number of aromatic nitrogens is 4. The molecule has 0 bridgehead atoms. The number of hydrogen-bond donors (Lipinski definition) is 1. The van der Waals surface area contributed by atoms with Crippen molar-refractivity contribution in [2.45, 2.75) is 36.5 Å². The molecule has 1 amide bonds. The fourth-order valence-corrected chi connectivity index (χ4v) is 5.53. The quantitative estimate of drug-likeness (QED) is 0.732. The summed E-state index contributed by atoms with van der Waals surface area (Å²) < 4.78 is 25.0. The first-order chi connectivity index (χ1) is 12.5. The van der Waals surface area contributed by atoms with Crippen LogP contribution in [0.4, 0.5) is 0 Å². The summed E-state index contributed by atoms with van der Waals surface area (Å²) in [5.74, 6) is 0.965. The standard InChI is InChI=1S/C16H19N5O3S2/c22-14(18-12-5-7-26(23,24)10-12)9-25-16-20-19-15(21(16)13-3-4-13)11-2-1-6-17-8-11/h1-2,6,8,12-13H,3-5,7,9-10H2,(H,18,22). The lowest BCUT2D eigenvalue weighted by Crippen LogP contribution is -2.36. The molecule has 8 nitrogen and oxygen atoms in total. The van der Waals surface area contributed by atoms with Gasteiger partial charge >= 0.3 is 0 Å². The number of thioether (sulfide) groups is 1. The van der Waals surface area contributed by atoms with E-state index >= 15 is 0 Å². The zero-order valence-electron chi connectivity index (χ0n) is 14.0. The van der Waals surface area contributed by atoms with Crippen molar-refractivity contribution in [2.24, 2.45) is 0 Å². The smallest absolute Gasteiger partial charge is 0.230 e. The topological polar surface area (TPSA) is 107 Å². The van der Waals surface area contributed by atoms with Crippen LogP contribution in [0.1, 0.15) is 25.3 Å². The number of nitrogens with zero attached hydrogens (tertiary/aromatic N) is 4. The fourth-order valence-electron chi connectivity index (χ4n) is 3.04. The summed E-state index contributed by atoms with van der Waals surface area (Å²) in [7, 11) is -3.00. The van der Waals surface area contributed by atoms with Crippen molar-refractivity contribution in [3.05, 3.63) is 24.5 Å². The van der Waals surface area contributed by atoms with E-state index < -0.39 is 9.84 Å². The van der Waals surface area contributed by atoms with E-state index in [0.717, 1.165) is 24.2 Å². The summed E-state index contributed by atoms with van der Waals surface area (Å²) >= 11 is 1.33. The van der Waals surface area contributed by atoms with Crippen molar-refractivity contribution in [1.29, 1.82) is 0 Å². The van der Waals surface area contributed by atoms with Crippen LogP contribution in [0.15, 0.2) is 29.7 Å². The van der Waals surface area contributed by atoms with Crippen molar-refractivity contribution in [2.75, 3.05) is 17.3 Å². The molecule has 1 unspecified atom stereocenters. The molecule has 2 aliphatic rings. The molecule has 1 aliphatic heterocycles. The molecule has 1 saturated heterocycles. The molecule has 0 aromatic carbocycles. The Morgan fingerprint density at radius 2 is 2.15 bits per heavy atom. The van der Waals surface area contributed by atoms with E-state index in [0.29, 0.717) is 17.6 Å². The predicted octanol–water partition coefficient (Wildman–Crippen LogP) is 1.07.